The van der Waals surface area contributed by atoms with Gasteiger partial charge in [-0.15, -0.1) is 0 Å². The standard InChI is InChI=1S/C21H26ClNO4/c1-25-18-10-9-14(11-20(18)26-2)13-23-17-7-4-8-19(21(17)24)27-16-6-3-5-15(22)12-16/h3,5-6,9-12,17,19,21,23-24H,4,7-8,13H2,1-2H3/t17-,19+,21+/m0/s1. The van der Waals surface area contributed by atoms with Crippen molar-refractivity contribution < 1.29 is 19.3 Å². The first-order valence-electron chi connectivity index (χ1n) is 9.15. The van der Waals surface area contributed by atoms with E-state index in [4.69, 9.17) is 25.8 Å². The largest absolute Gasteiger partial charge is 0.493 e. The first kappa shape index (κ1) is 19.8. The number of hydrogen-bond donors (Lipinski definition) is 2. The number of hydrogen-bond acceptors (Lipinski definition) is 5. The second kappa shape index (κ2) is 9.31. The molecule has 0 amide bonds. The third kappa shape index (κ3) is 5.06. The lowest BCUT2D eigenvalue weighted by Gasteiger charge is -2.35. The molecule has 0 radical (unpaired) electrons. The molecule has 0 bridgehead atoms. The van der Waals surface area contributed by atoms with Gasteiger partial charge in [-0.25, -0.2) is 0 Å². The van der Waals surface area contributed by atoms with E-state index in [9.17, 15) is 5.11 Å². The summed E-state index contributed by atoms with van der Waals surface area (Å²) in [6.45, 7) is 0.631. The molecule has 3 atom stereocenters. The average Bonchev–Trinajstić information content (AvgIpc) is 2.68. The number of aliphatic hydroxyl groups excluding tert-OH is 1. The molecule has 0 aromatic heterocycles. The maximum absolute atomic E-state index is 10.8. The molecule has 1 aliphatic rings. The summed E-state index contributed by atoms with van der Waals surface area (Å²) in [5.41, 5.74) is 1.07. The van der Waals surface area contributed by atoms with Crippen LogP contribution >= 0.6 is 11.6 Å². The van der Waals surface area contributed by atoms with Crippen molar-refractivity contribution in [3.8, 4) is 17.2 Å². The molecule has 5 nitrogen and oxygen atoms in total. The Bertz CT molecular complexity index is 755. The highest BCUT2D eigenvalue weighted by atomic mass is 35.5. The van der Waals surface area contributed by atoms with Gasteiger partial charge in [0.25, 0.3) is 0 Å². The lowest BCUT2D eigenvalue weighted by molar-refractivity contribution is -0.0157. The summed E-state index contributed by atoms with van der Waals surface area (Å²) in [7, 11) is 3.24. The summed E-state index contributed by atoms with van der Waals surface area (Å²) < 4.78 is 16.6. The van der Waals surface area contributed by atoms with Crippen LogP contribution in [0.2, 0.25) is 5.02 Å². The summed E-state index contributed by atoms with van der Waals surface area (Å²) in [4.78, 5) is 0. The molecule has 0 saturated heterocycles. The molecule has 1 aliphatic carbocycles. The molecule has 146 valence electrons. The predicted octanol–water partition coefficient (Wildman–Crippen LogP) is 3.81. The van der Waals surface area contributed by atoms with Crippen LogP contribution in [0.3, 0.4) is 0 Å². The highest BCUT2D eigenvalue weighted by Crippen LogP contribution is 2.29. The zero-order chi connectivity index (χ0) is 19.2. The van der Waals surface area contributed by atoms with Crippen LogP contribution < -0.4 is 19.5 Å². The fourth-order valence-corrected chi connectivity index (χ4v) is 3.63. The number of benzene rings is 2. The second-order valence-corrected chi connectivity index (χ2v) is 7.15. The summed E-state index contributed by atoms with van der Waals surface area (Å²) >= 11 is 6.02. The monoisotopic (exact) mass is 391 g/mol. The molecular formula is C21H26ClNO4. The third-order valence-electron chi connectivity index (χ3n) is 4.90. The maximum Gasteiger partial charge on any atom is 0.161 e. The van der Waals surface area contributed by atoms with Crippen LogP contribution in [-0.2, 0) is 6.54 Å². The Hall–Kier alpha value is -1.95. The Labute approximate surface area is 165 Å². The van der Waals surface area contributed by atoms with Gasteiger partial charge in [-0.3, -0.25) is 0 Å². The normalized spacial score (nSPS) is 22.3. The molecular weight excluding hydrogens is 366 g/mol. The van der Waals surface area contributed by atoms with Crippen molar-refractivity contribution in [1.82, 2.24) is 5.32 Å². The SMILES string of the molecule is COc1ccc(CN[C@H]2CCC[C@@H](Oc3cccc(Cl)c3)[C@@H]2O)cc1OC. The van der Waals surface area contributed by atoms with Crippen LogP contribution in [0.1, 0.15) is 24.8 Å². The predicted molar refractivity (Wildman–Crippen MR) is 106 cm³/mol. The number of methoxy groups -OCH3 is 2. The molecule has 2 aromatic rings. The van der Waals surface area contributed by atoms with Gasteiger partial charge in [0.2, 0.25) is 0 Å². The van der Waals surface area contributed by atoms with Gasteiger partial charge in [-0.2, -0.15) is 0 Å². The van der Waals surface area contributed by atoms with E-state index in [0.717, 1.165) is 24.8 Å². The average molecular weight is 392 g/mol. The van der Waals surface area contributed by atoms with Crippen molar-refractivity contribution in [1.29, 1.82) is 0 Å². The quantitative estimate of drug-likeness (QED) is 0.751. The molecule has 6 heteroatoms. The number of halogens is 1. The molecule has 2 N–H and O–H groups in total. The molecule has 0 heterocycles. The summed E-state index contributed by atoms with van der Waals surface area (Å²) in [5.74, 6) is 2.09. The van der Waals surface area contributed by atoms with E-state index in [2.05, 4.69) is 5.32 Å². The van der Waals surface area contributed by atoms with Crippen LogP contribution in [0.5, 0.6) is 17.2 Å². The van der Waals surface area contributed by atoms with Gasteiger partial charge < -0.3 is 24.6 Å². The van der Waals surface area contributed by atoms with Gasteiger partial charge in [0, 0.05) is 17.6 Å². The molecule has 27 heavy (non-hydrogen) atoms. The minimum Gasteiger partial charge on any atom is -0.493 e. The van der Waals surface area contributed by atoms with E-state index in [1.807, 2.05) is 30.3 Å². The van der Waals surface area contributed by atoms with Crippen LogP contribution in [-0.4, -0.2) is 37.6 Å². The Morgan fingerprint density at radius 3 is 2.63 bits per heavy atom. The number of rotatable bonds is 7. The van der Waals surface area contributed by atoms with Crippen molar-refractivity contribution in [3.63, 3.8) is 0 Å². The van der Waals surface area contributed by atoms with E-state index < -0.39 is 6.10 Å². The molecule has 1 fully saturated rings. The Morgan fingerprint density at radius 2 is 1.89 bits per heavy atom. The minimum absolute atomic E-state index is 0.0315. The number of nitrogens with one attached hydrogen (secondary N) is 1. The topological polar surface area (TPSA) is 60.0 Å². The zero-order valence-electron chi connectivity index (χ0n) is 15.7. The Kier molecular flexibility index (Phi) is 6.83. The van der Waals surface area contributed by atoms with Gasteiger partial charge in [0.05, 0.1) is 14.2 Å². The van der Waals surface area contributed by atoms with E-state index in [1.54, 1.807) is 26.4 Å². The second-order valence-electron chi connectivity index (χ2n) is 6.71. The minimum atomic E-state index is -0.585. The molecule has 0 unspecified atom stereocenters. The van der Waals surface area contributed by atoms with Crippen LogP contribution in [0.15, 0.2) is 42.5 Å². The summed E-state index contributed by atoms with van der Waals surface area (Å²) in [6, 6.07) is 13.1. The number of aliphatic hydroxyl groups is 1. The highest BCUT2D eigenvalue weighted by Gasteiger charge is 2.33. The zero-order valence-corrected chi connectivity index (χ0v) is 16.4. The number of ether oxygens (including phenoxy) is 3. The van der Waals surface area contributed by atoms with Crippen molar-refractivity contribution >= 4 is 11.6 Å². The van der Waals surface area contributed by atoms with Gasteiger partial charge in [0.1, 0.15) is 18.0 Å². The van der Waals surface area contributed by atoms with Crippen LogP contribution in [0.25, 0.3) is 0 Å². The van der Waals surface area contributed by atoms with Crippen molar-refractivity contribution in [2.24, 2.45) is 0 Å². The first-order chi connectivity index (χ1) is 13.1. The molecule has 2 aromatic carbocycles. The lowest BCUT2D eigenvalue weighted by Crippen LogP contribution is -2.50. The van der Waals surface area contributed by atoms with Gasteiger partial charge >= 0.3 is 0 Å². The molecule has 1 saturated carbocycles. The van der Waals surface area contributed by atoms with E-state index in [0.29, 0.717) is 28.8 Å². The van der Waals surface area contributed by atoms with E-state index in [1.165, 1.54) is 0 Å². The third-order valence-corrected chi connectivity index (χ3v) is 5.13. The lowest BCUT2D eigenvalue weighted by atomic mass is 9.89. The van der Waals surface area contributed by atoms with Crippen molar-refractivity contribution in [2.45, 2.75) is 44.1 Å². The van der Waals surface area contributed by atoms with Crippen LogP contribution in [0, 0.1) is 0 Å². The van der Waals surface area contributed by atoms with E-state index >= 15 is 0 Å². The first-order valence-corrected chi connectivity index (χ1v) is 9.53. The van der Waals surface area contributed by atoms with E-state index in [-0.39, 0.29) is 12.1 Å². The summed E-state index contributed by atoms with van der Waals surface area (Å²) in [6.07, 6.45) is 1.89. The highest BCUT2D eigenvalue weighted by molar-refractivity contribution is 6.30. The molecule has 3 rings (SSSR count). The van der Waals surface area contributed by atoms with Gasteiger partial charge in [-0.1, -0.05) is 23.7 Å². The van der Waals surface area contributed by atoms with Crippen molar-refractivity contribution in [3.05, 3.63) is 53.1 Å². The van der Waals surface area contributed by atoms with Gasteiger partial charge in [-0.05, 0) is 55.2 Å². The van der Waals surface area contributed by atoms with Crippen LogP contribution in [0.4, 0.5) is 0 Å². The van der Waals surface area contributed by atoms with Gasteiger partial charge in [0.15, 0.2) is 11.5 Å². The smallest absolute Gasteiger partial charge is 0.161 e. The summed E-state index contributed by atoms with van der Waals surface area (Å²) in [5, 5.41) is 14.8. The fourth-order valence-electron chi connectivity index (χ4n) is 3.45. The molecule has 0 spiro atoms. The Morgan fingerprint density at radius 1 is 1.07 bits per heavy atom. The maximum atomic E-state index is 10.8. The fraction of sp³-hybridized carbons (Fsp3) is 0.429. The Balaban J connectivity index is 1.60. The van der Waals surface area contributed by atoms with Crippen molar-refractivity contribution in [2.75, 3.05) is 14.2 Å². The molecule has 0 aliphatic heterocycles.